The van der Waals surface area contributed by atoms with Gasteiger partial charge >= 0.3 is 11.8 Å². The molecule has 0 saturated carbocycles. The Kier molecular flexibility index (Phi) is 5.76. The number of nitrogens with one attached hydrogen (secondary N) is 1. The average molecular weight is 410 g/mol. The van der Waals surface area contributed by atoms with Crippen LogP contribution in [0.4, 0.5) is 11.4 Å². The fraction of sp³-hybridized carbons (Fsp3) is 0.364. The maximum Gasteiger partial charge on any atom is 0.313 e. The first kappa shape index (κ1) is 20.0. The van der Waals surface area contributed by atoms with Crippen LogP contribution in [0.3, 0.4) is 0 Å². The number of rotatable bonds is 4. The van der Waals surface area contributed by atoms with Gasteiger partial charge < -0.3 is 24.6 Å². The van der Waals surface area contributed by atoms with Gasteiger partial charge in [0.25, 0.3) is 0 Å². The minimum absolute atomic E-state index is 0.265. The van der Waals surface area contributed by atoms with Gasteiger partial charge in [0.05, 0.1) is 0 Å². The van der Waals surface area contributed by atoms with Crippen LogP contribution in [0.1, 0.15) is 5.56 Å². The van der Waals surface area contributed by atoms with Gasteiger partial charge in [-0.25, -0.2) is 0 Å². The van der Waals surface area contributed by atoms with Gasteiger partial charge in [0.15, 0.2) is 11.5 Å². The molecule has 158 valence electrons. The second-order valence-electron chi connectivity index (χ2n) is 7.65. The Hall–Kier alpha value is -3.26. The van der Waals surface area contributed by atoms with Crippen molar-refractivity contribution >= 4 is 23.2 Å². The molecule has 2 aromatic carbocycles. The minimum Gasteiger partial charge on any atom is -0.454 e. The third-order valence-electron chi connectivity index (χ3n) is 5.34. The highest BCUT2D eigenvalue weighted by atomic mass is 16.7. The van der Waals surface area contributed by atoms with Gasteiger partial charge in [-0.15, -0.1) is 0 Å². The van der Waals surface area contributed by atoms with E-state index < -0.39 is 11.8 Å². The summed E-state index contributed by atoms with van der Waals surface area (Å²) in [6, 6.07) is 13.3. The van der Waals surface area contributed by atoms with E-state index in [0.717, 1.165) is 29.3 Å². The van der Waals surface area contributed by atoms with E-state index >= 15 is 0 Å². The first-order valence-electron chi connectivity index (χ1n) is 9.98. The number of carbonyl (C=O) groups is 2. The Morgan fingerprint density at radius 2 is 1.67 bits per heavy atom. The molecule has 8 heteroatoms. The van der Waals surface area contributed by atoms with Crippen molar-refractivity contribution in [3.63, 3.8) is 0 Å². The van der Waals surface area contributed by atoms with Crippen LogP contribution in [0.2, 0.25) is 0 Å². The zero-order valence-electron chi connectivity index (χ0n) is 17.3. The standard InChI is InChI=1S/C22H26N4O4/c1-24(2)18-6-4-17(5-7-18)23-21(27)22(28)26-11-9-25(10-12-26)14-16-3-8-19-20(13-16)30-15-29-19/h3-8,13H,9-12,14-15H2,1-2H3,(H,23,27). The zero-order chi connectivity index (χ0) is 21.1. The van der Waals surface area contributed by atoms with E-state index in [-0.39, 0.29) is 6.79 Å². The molecule has 30 heavy (non-hydrogen) atoms. The van der Waals surface area contributed by atoms with Gasteiger partial charge in [-0.2, -0.15) is 0 Å². The van der Waals surface area contributed by atoms with Crippen molar-refractivity contribution in [2.75, 3.05) is 57.3 Å². The van der Waals surface area contributed by atoms with Crippen LogP contribution in [-0.4, -0.2) is 68.7 Å². The van der Waals surface area contributed by atoms with Gasteiger partial charge in [-0.05, 0) is 42.0 Å². The number of fused-ring (bicyclic) bond motifs is 1. The molecule has 0 aromatic heterocycles. The summed E-state index contributed by atoms with van der Waals surface area (Å²) in [5.41, 5.74) is 2.77. The first-order valence-corrected chi connectivity index (χ1v) is 9.98. The van der Waals surface area contributed by atoms with E-state index in [2.05, 4.69) is 10.2 Å². The molecule has 2 amide bonds. The largest absolute Gasteiger partial charge is 0.454 e. The summed E-state index contributed by atoms with van der Waals surface area (Å²) in [6.45, 7) is 3.51. The van der Waals surface area contributed by atoms with Crippen LogP contribution >= 0.6 is 0 Å². The lowest BCUT2D eigenvalue weighted by Crippen LogP contribution is -2.51. The molecule has 8 nitrogen and oxygen atoms in total. The molecular formula is C22H26N4O4. The highest BCUT2D eigenvalue weighted by Crippen LogP contribution is 2.32. The predicted octanol–water partition coefficient (Wildman–Crippen LogP) is 1.76. The lowest BCUT2D eigenvalue weighted by atomic mass is 10.1. The smallest absolute Gasteiger partial charge is 0.313 e. The Balaban J connectivity index is 1.27. The Bertz CT molecular complexity index is 921. The number of anilines is 2. The molecule has 2 aromatic rings. The van der Waals surface area contributed by atoms with Gasteiger partial charge in [-0.3, -0.25) is 14.5 Å². The number of nitrogens with zero attached hydrogens (tertiary/aromatic N) is 3. The van der Waals surface area contributed by atoms with Crippen LogP contribution < -0.4 is 19.7 Å². The minimum atomic E-state index is -0.600. The number of piperazine rings is 1. The SMILES string of the molecule is CN(C)c1ccc(NC(=O)C(=O)N2CCN(Cc3ccc4c(c3)OCO4)CC2)cc1. The number of benzene rings is 2. The summed E-state index contributed by atoms with van der Waals surface area (Å²) in [6.07, 6.45) is 0. The van der Waals surface area contributed by atoms with Crippen LogP contribution in [0, 0.1) is 0 Å². The van der Waals surface area contributed by atoms with E-state index in [0.29, 0.717) is 31.9 Å². The number of hydrogen-bond donors (Lipinski definition) is 1. The molecule has 0 unspecified atom stereocenters. The number of carbonyl (C=O) groups excluding carboxylic acids is 2. The Labute approximate surface area is 176 Å². The monoisotopic (exact) mass is 410 g/mol. The second kappa shape index (κ2) is 8.62. The van der Waals surface area contributed by atoms with Gasteiger partial charge in [0.1, 0.15) is 0 Å². The molecule has 4 rings (SSSR count). The zero-order valence-corrected chi connectivity index (χ0v) is 17.3. The summed E-state index contributed by atoms with van der Waals surface area (Å²) in [7, 11) is 3.90. The summed E-state index contributed by atoms with van der Waals surface area (Å²) < 4.78 is 10.8. The highest BCUT2D eigenvalue weighted by Gasteiger charge is 2.26. The molecule has 2 aliphatic heterocycles. The quantitative estimate of drug-likeness (QED) is 0.775. The van der Waals surface area contributed by atoms with Gasteiger partial charge in [0, 0.05) is 58.2 Å². The maximum atomic E-state index is 12.5. The summed E-state index contributed by atoms with van der Waals surface area (Å²) in [5, 5.41) is 2.69. The lowest BCUT2D eigenvalue weighted by Gasteiger charge is -2.34. The molecule has 1 N–H and O–H groups in total. The van der Waals surface area contributed by atoms with Crippen molar-refractivity contribution in [3.8, 4) is 11.5 Å². The Morgan fingerprint density at radius 3 is 2.37 bits per heavy atom. The van der Waals surface area contributed by atoms with Crippen molar-refractivity contribution in [3.05, 3.63) is 48.0 Å². The Morgan fingerprint density at radius 1 is 0.967 bits per heavy atom. The molecule has 0 radical (unpaired) electrons. The van der Waals surface area contributed by atoms with Crippen LogP contribution in [0.15, 0.2) is 42.5 Å². The number of ether oxygens (including phenoxy) is 2. The van der Waals surface area contributed by atoms with E-state index in [1.165, 1.54) is 0 Å². The topological polar surface area (TPSA) is 74.4 Å². The molecule has 1 fully saturated rings. The van der Waals surface area contributed by atoms with E-state index in [1.54, 1.807) is 17.0 Å². The summed E-state index contributed by atoms with van der Waals surface area (Å²) in [5.74, 6) is 0.458. The van der Waals surface area contributed by atoms with Crippen LogP contribution in [0.5, 0.6) is 11.5 Å². The molecule has 2 heterocycles. The predicted molar refractivity (Wildman–Crippen MR) is 114 cm³/mol. The van der Waals surface area contributed by atoms with E-state index in [4.69, 9.17) is 9.47 Å². The number of amides is 2. The summed E-state index contributed by atoms with van der Waals surface area (Å²) >= 11 is 0. The molecule has 0 atom stereocenters. The number of hydrogen-bond acceptors (Lipinski definition) is 6. The van der Waals surface area contributed by atoms with Gasteiger partial charge in [0.2, 0.25) is 6.79 Å². The van der Waals surface area contributed by atoms with Gasteiger partial charge in [-0.1, -0.05) is 6.07 Å². The highest BCUT2D eigenvalue weighted by molar-refractivity contribution is 6.39. The second-order valence-corrected chi connectivity index (χ2v) is 7.65. The van der Waals surface area contributed by atoms with Crippen LogP contribution in [-0.2, 0) is 16.1 Å². The molecule has 0 spiro atoms. The fourth-order valence-electron chi connectivity index (χ4n) is 3.58. The van der Waals surface area contributed by atoms with Crippen molar-refractivity contribution in [2.45, 2.75) is 6.54 Å². The third kappa shape index (κ3) is 4.49. The normalized spacial score (nSPS) is 15.7. The van der Waals surface area contributed by atoms with Crippen molar-refractivity contribution in [2.24, 2.45) is 0 Å². The van der Waals surface area contributed by atoms with Crippen molar-refractivity contribution in [1.29, 1.82) is 0 Å². The van der Waals surface area contributed by atoms with Crippen LogP contribution in [0.25, 0.3) is 0 Å². The molecule has 0 aliphatic carbocycles. The summed E-state index contributed by atoms with van der Waals surface area (Å²) in [4.78, 5) is 30.7. The lowest BCUT2D eigenvalue weighted by molar-refractivity contribution is -0.144. The molecule has 1 saturated heterocycles. The van der Waals surface area contributed by atoms with E-state index in [1.807, 2.05) is 49.3 Å². The molecular weight excluding hydrogens is 384 g/mol. The first-order chi connectivity index (χ1) is 14.5. The molecule has 0 bridgehead atoms. The fourth-order valence-corrected chi connectivity index (χ4v) is 3.58. The maximum absolute atomic E-state index is 12.5. The van der Waals surface area contributed by atoms with E-state index in [9.17, 15) is 9.59 Å². The van der Waals surface area contributed by atoms with Crippen molar-refractivity contribution < 1.29 is 19.1 Å². The third-order valence-corrected chi connectivity index (χ3v) is 5.34. The van der Waals surface area contributed by atoms with Crippen molar-refractivity contribution in [1.82, 2.24) is 9.80 Å². The average Bonchev–Trinajstić information content (AvgIpc) is 3.22. The molecule has 2 aliphatic rings.